The van der Waals surface area contributed by atoms with Crippen LogP contribution in [0.4, 0.5) is 5.82 Å². The number of benzene rings is 1. The van der Waals surface area contributed by atoms with Crippen molar-refractivity contribution in [1.29, 1.82) is 0 Å². The van der Waals surface area contributed by atoms with Gasteiger partial charge in [-0.25, -0.2) is 4.98 Å². The van der Waals surface area contributed by atoms with Crippen LogP contribution in [-0.2, 0) is 9.59 Å². The van der Waals surface area contributed by atoms with Crippen LogP contribution in [0.15, 0.2) is 67.1 Å². The maximum absolute atomic E-state index is 12.1. The van der Waals surface area contributed by atoms with E-state index in [9.17, 15) is 4.79 Å². The Morgan fingerprint density at radius 2 is 1.65 bits per heavy atom. The molecule has 1 aromatic carbocycles. The van der Waals surface area contributed by atoms with Crippen molar-refractivity contribution in [2.24, 2.45) is 11.7 Å². The molecular weight excluding hydrogens is 464 g/mol. The summed E-state index contributed by atoms with van der Waals surface area (Å²) >= 11 is 0. The Kier molecular flexibility index (Phi) is 6.98. The number of amides is 2. The fraction of sp³-hybridized carbons (Fsp3) is 0.241. The van der Waals surface area contributed by atoms with E-state index in [0.29, 0.717) is 11.7 Å². The number of primary amides is 1. The van der Waals surface area contributed by atoms with Gasteiger partial charge in [0.15, 0.2) is 0 Å². The molecule has 2 fully saturated rings. The van der Waals surface area contributed by atoms with Crippen molar-refractivity contribution in [2.75, 3.05) is 5.32 Å². The topological polar surface area (TPSA) is 124 Å². The van der Waals surface area contributed by atoms with Gasteiger partial charge in [0, 0.05) is 29.4 Å². The lowest BCUT2D eigenvalue weighted by molar-refractivity contribution is -0.117. The van der Waals surface area contributed by atoms with E-state index >= 15 is 0 Å². The van der Waals surface area contributed by atoms with Crippen LogP contribution in [0.3, 0.4) is 0 Å². The summed E-state index contributed by atoms with van der Waals surface area (Å²) in [7, 11) is 0. The highest BCUT2D eigenvalue weighted by atomic mass is 16.2. The van der Waals surface area contributed by atoms with Gasteiger partial charge in [0.05, 0.1) is 17.6 Å². The van der Waals surface area contributed by atoms with E-state index < -0.39 is 0 Å². The summed E-state index contributed by atoms with van der Waals surface area (Å²) in [5.74, 6) is 1.39. The largest absolute Gasteiger partial charge is 0.372 e. The zero-order valence-electron chi connectivity index (χ0n) is 20.6. The molecule has 4 aromatic rings. The number of carbonyl (C=O) groups is 2. The summed E-state index contributed by atoms with van der Waals surface area (Å²) < 4.78 is 0. The average Bonchev–Trinajstić information content (AvgIpc) is 3.83. The van der Waals surface area contributed by atoms with Gasteiger partial charge in [0.25, 0.3) is 0 Å². The molecule has 0 atom stereocenters. The summed E-state index contributed by atoms with van der Waals surface area (Å²) in [6.07, 6.45) is 10.1. The molecule has 0 spiro atoms. The molecule has 3 heterocycles. The number of nitrogens with one attached hydrogen (secondary N) is 1. The zero-order chi connectivity index (χ0) is 25.8. The van der Waals surface area contributed by atoms with Gasteiger partial charge >= 0.3 is 0 Å². The third-order valence-electron chi connectivity index (χ3n) is 6.58. The fourth-order valence-electron chi connectivity index (χ4n) is 4.24. The molecule has 0 bridgehead atoms. The number of anilines is 1. The summed E-state index contributed by atoms with van der Waals surface area (Å²) in [5, 5.41) is 11.6. The van der Waals surface area contributed by atoms with Gasteiger partial charge in [-0.3, -0.25) is 14.6 Å². The number of pyridine rings is 2. The minimum Gasteiger partial charge on any atom is -0.372 e. The van der Waals surface area contributed by atoms with Crippen LogP contribution >= 0.6 is 0 Å². The van der Waals surface area contributed by atoms with Crippen molar-refractivity contribution in [1.82, 2.24) is 20.2 Å². The van der Waals surface area contributed by atoms with E-state index in [2.05, 4.69) is 68.5 Å². The molecule has 0 aliphatic heterocycles. The molecular formula is C29H28N6O2. The normalized spacial score (nSPS) is 14.3. The number of aromatic nitrogens is 4. The molecule has 6 rings (SSSR count). The highest BCUT2D eigenvalue weighted by Crippen LogP contribution is 2.40. The third-order valence-corrected chi connectivity index (χ3v) is 6.58. The molecule has 8 heteroatoms. The minimum atomic E-state index is 0.0488. The van der Waals surface area contributed by atoms with Gasteiger partial charge in [-0.2, -0.15) is 10.2 Å². The number of hydrogen-bond acceptors (Lipinski definition) is 6. The Morgan fingerprint density at radius 1 is 0.919 bits per heavy atom. The predicted molar refractivity (Wildman–Crippen MR) is 142 cm³/mol. The van der Waals surface area contributed by atoms with Gasteiger partial charge in [-0.15, -0.1) is 0 Å². The average molecular weight is 493 g/mol. The van der Waals surface area contributed by atoms with Crippen LogP contribution in [0, 0.1) is 12.8 Å². The first-order valence-electron chi connectivity index (χ1n) is 12.4. The summed E-state index contributed by atoms with van der Waals surface area (Å²) in [5.41, 5.74) is 12.6. The van der Waals surface area contributed by atoms with E-state index in [1.54, 1.807) is 6.20 Å². The first-order chi connectivity index (χ1) is 18.1. The molecule has 2 aliphatic carbocycles. The molecule has 37 heavy (non-hydrogen) atoms. The predicted octanol–water partition coefficient (Wildman–Crippen LogP) is 4.90. The minimum absolute atomic E-state index is 0.0488. The van der Waals surface area contributed by atoms with Crippen LogP contribution in [-0.4, -0.2) is 32.5 Å². The summed E-state index contributed by atoms with van der Waals surface area (Å²) in [4.78, 5) is 29.6. The molecule has 0 saturated heterocycles. The Balaban J connectivity index is 0.000000892. The number of nitrogens with zero attached hydrogens (tertiary/aromatic N) is 4. The molecule has 2 saturated carbocycles. The van der Waals surface area contributed by atoms with Crippen molar-refractivity contribution in [3.8, 4) is 33.6 Å². The van der Waals surface area contributed by atoms with E-state index in [-0.39, 0.29) is 18.2 Å². The first-order valence-corrected chi connectivity index (χ1v) is 12.4. The SMILES string of the molecule is Cc1ccc(-c2cc(C3CC3)cnn2)cc1-c1ccnc(-c2ccnc(NC(=O)C3CC3)c2)c1.NC=O. The van der Waals surface area contributed by atoms with E-state index in [1.807, 2.05) is 30.6 Å². The van der Waals surface area contributed by atoms with Crippen molar-refractivity contribution >= 4 is 18.1 Å². The molecule has 186 valence electrons. The maximum atomic E-state index is 12.1. The van der Waals surface area contributed by atoms with Gasteiger partial charge in [-0.1, -0.05) is 12.1 Å². The smallest absolute Gasteiger partial charge is 0.228 e. The molecule has 2 aliphatic rings. The number of rotatable bonds is 6. The van der Waals surface area contributed by atoms with Crippen molar-refractivity contribution in [3.05, 3.63) is 78.2 Å². The van der Waals surface area contributed by atoms with Crippen LogP contribution in [0.5, 0.6) is 0 Å². The maximum Gasteiger partial charge on any atom is 0.228 e. The Bertz CT molecular complexity index is 1450. The van der Waals surface area contributed by atoms with Crippen LogP contribution < -0.4 is 11.1 Å². The summed E-state index contributed by atoms with van der Waals surface area (Å²) in [6.45, 7) is 2.11. The number of carbonyl (C=O) groups excluding carboxylic acids is 2. The molecule has 3 N–H and O–H groups in total. The van der Waals surface area contributed by atoms with E-state index in [4.69, 9.17) is 4.79 Å². The standard InChI is InChI=1S/C28H25N5O.CH3NO/c1-17-2-3-21(26-14-23(16-31-33-26)18-4-5-18)12-24(17)20-8-10-29-25(13-20)22-9-11-30-27(15-22)32-28(34)19-6-7-19;2-1-3/h2-3,8-16,18-19H,4-7H2,1H3,(H,30,32,34);1H,(H2,2,3). The fourth-order valence-corrected chi connectivity index (χ4v) is 4.24. The Hall–Kier alpha value is -4.46. The quantitative estimate of drug-likeness (QED) is 0.369. The van der Waals surface area contributed by atoms with Crippen LogP contribution in [0.25, 0.3) is 33.6 Å². The Morgan fingerprint density at radius 3 is 2.41 bits per heavy atom. The lowest BCUT2D eigenvalue weighted by Gasteiger charge is -2.11. The second-order valence-corrected chi connectivity index (χ2v) is 9.44. The van der Waals surface area contributed by atoms with Crippen molar-refractivity contribution in [2.45, 2.75) is 38.5 Å². The van der Waals surface area contributed by atoms with E-state index in [1.165, 1.54) is 24.0 Å². The highest BCUT2D eigenvalue weighted by molar-refractivity contribution is 5.93. The van der Waals surface area contributed by atoms with Crippen molar-refractivity contribution < 1.29 is 9.59 Å². The lowest BCUT2D eigenvalue weighted by Crippen LogP contribution is -2.14. The molecule has 3 aromatic heterocycles. The third kappa shape index (κ3) is 5.86. The summed E-state index contributed by atoms with van der Waals surface area (Å²) in [6, 6.07) is 16.5. The number of hydrogen-bond donors (Lipinski definition) is 2. The number of nitrogens with two attached hydrogens (primary N) is 1. The molecule has 0 radical (unpaired) electrons. The van der Waals surface area contributed by atoms with Gasteiger partial charge in [0.2, 0.25) is 12.3 Å². The van der Waals surface area contributed by atoms with Gasteiger partial charge in [-0.05, 0) is 97.2 Å². The van der Waals surface area contributed by atoms with Crippen LogP contribution in [0.1, 0.15) is 42.7 Å². The zero-order valence-corrected chi connectivity index (χ0v) is 20.6. The highest BCUT2D eigenvalue weighted by Gasteiger charge is 2.29. The molecule has 2 amide bonds. The van der Waals surface area contributed by atoms with Gasteiger partial charge < -0.3 is 11.1 Å². The monoisotopic (exact) mass is 492 g/mol. The number of aryl methyl sites for hydroxylation is 1. The van der Waals surface area contributed by atoms with E-state index in [0.717, 1.165) is 46.5 Å². The van der Waals surface area contributed by atoms with Crippen LogP contribution in [0.2, 0.25) is 0 Å². The first kappa shape index (κ1) is 24.2. The molecule has 8 nitrogen and oxygen atoms in total. The van der Waals surface area contributed by atoms with Gasteiger partial charge in [0.1, 0.15) is 5.82 Å². The lowest BCUT2D eigenvalue weighted by atomic mass is 9.96. The van der Waals surface area contributed by atoms with Crippen molar-refractivity contribution in [3.63, 3.8) is 0 Å². The second kappa shape index (κ2) is 10.7. The molecule has 0 unspecified atom stereocenters. The Labute approximate surface area is 215 Å². The second-order valence-electron chi connectivity index (χ2n) is 9.44.